The zero-order valence-corrected chi connectivity index (χ0v) is 23.3. The van der Waals surface area contributed by atoms with Gasteiger partial charge in [0.05, 0.1) is 31.2 Å². The Balaban J connectivity index is 1.60. The summed E-state index contributed by atoms with van der Waals surface area (Å²) in [5, 5.41) is 20.1. The number of fused-ring (bicyclic) bond motifs is 1. The van der Waals surface area contributed by atoms with Crippen molar-refractivity contribution in [2.45, 2.75) is 64.1 Å². The summed E-state index contributed by atoms with van der Waals surface area (Å²) in [5.41, 5.74) is 3.28. The number of thioether (sulfide) groups is 1. The number of carboxylic acids is 1. The lowest BCUT2D eigenvalue weighted by Crippen LogP contribution is -2.63. The van der Waals surface area contributed by atoms with Crippen LogP contribution in [0.25, 0.3) is 0 Å². The second kappa shape index (κ2) is 10.3. The molecule has 3 aliphatic rings. The van der Waals surface area contributed by atoms with Gasteiger partial charge in [0.15, 0.2) is 0 Å². The van der Waals surface area contributed by atoms with Crippen molar-refractivity contribution in [3.63, 3.8) is 0 Å². The molecule has 2 amide bonds. The Bertz CT molecular complexity index is 1150. The van der Waals surface area contributed by atoms with Crippen LogP contribution in [-0.2, 0) is 20.9 Å². The zero-order chi connectivity index (χ0) is 27.3. The fraction of sp³-hybridized carbons (Fsp3) is 0.593. The zero-order valence-electron chi connectivity index (χ0n) is 22.5. The predicted octanol–water partition coefficient (Wildman–Crippen LogP) is 2.23. The van der Waals surface area contributed by atoms with Crippen molar-refractivity contribution in [1.29, 1.82) is 0 Å². The fourth-order valence-electron chi connectivity index (χ4n) is 5.97. The molecule has 9 nitrogen and oxygen atoms in total. The number of nitrogens with zero attached hydrogens (tertiary/aromatic N) is 3. The third-order valence-electron chi connectivity index (χ3n) is 7.98. The van der Waals surface area contributed by atoms with Gasteiger partial charge in [0.1, 0.15) is 11.4 Å². The van der Waals surface area contributed by atoms with Gasteiger partial charge >= 0.3 is 5.97 Å². The number of aliphatic hydroxyl groups is 1. The molecule has 1 aromatic rings. The van der Waals surface area contributed by atoms with E-state index >= 15 is 0 Å². The first-order valence-corrected chi connectivity index (χ1v) is 13.5. The molecule has 0 bridgehead atoms. The Labute approximate surface area is 222 Å². The van der Waals surface area contributed by atoms with Crippen molar-refractivity contribution >= 4 is 29.5 Å². The summed E-state index contributed by atoms with van der Waals surface area (Å²) < 4.78 is 5.55. The molecule has 202 valence electrons. The van der Waals surface area contributed by atoms with Crippen LogP contribution < -0.4 is 4.74 Å². The molecule has 0 aliphatic carbocycles. The van der Waals surface area contributed by atoms with Crippen LogP contribution in [0, 0.1) is 25.7 Å². The number of β-lactam (4-membered cyclic amide) rings is 1. The van der Waals surface area contributed by atoms with Gasteiger partial charge in [0.25, 0.3) is 0 Å². The van der Waals surface area contributed by atoms with Crippen LogP contribution in [0.5, 0.6) is 5.75 Å². The molecule has 2 N–H and O–H groups in total. The van der Waals surface area contributed by atoms with Crippen LogP contribution in [0.2, 0.25) is 0 Å². The third-order valence-corrected chi connectivity index (χ3v) is 9.47. The standard InChI is InChI=1S/C27H37N3O6S/c1-13-8-17(9-20(36-7)14(13)2)11-29-12-18(10-19(29)25(32)28(5)6)37-24-15(3)22-21(16(4)31)26(33)30(22)23(24)27(34)35/h8-9,15-16,18-19,21-22,31H,10-12H2,1-7H3,(H,34,35)/t15-,16-,18+,19+,21-,22-/m1/s1. The maximum Gasteiger partial charge on any atom is 0.353 e. The van der Waals surface area contributed by atoms with Gasteiger partial charge in [-0.1, -0.05) is 13.0 Å². The molecule has 2 fully saturated rings. The summed E-state index contributed by atoms with van der Waals surface area (Å²) in [6, 6.07) is 3.44. The highest BCUT2D eigenvalue weighted by Gasteiger charge is 2.60. The lowest BCUT2D eigenvalue weighted by atomic mass is 9.79. The molecular formula is C27H37N3O6S. The van der Waals surface area contributed by atoms with Crippen LogP contribution in [-0.4, -0.2) is 93.9 Å². The second-order valence-corrected chi connectivity index (χ2v) is 12.0. The number of hydrogen-bond acceptors (Lipinski definition) is 7. The van der Waals surface area contributed by atoms with Gasteiger partial charge in [0.2, 0.25) is 11.8 Å². The third kappa shape index (κ3) is 4.75. The normalized spacial score (nSPS) is 28.3. The van der Waals surface area contributed by atoms with Crippen LogP contribution in [0.4, 0.5) is 0 Å². The van der Waals surface area contributed by atoms with Gasteiger partial charge in [-0.05, 0) is 49.9 Å². The average molecular weight is 532 g/mol. The molecule has 0 unspecified atom stereocenters. The van der Waals surface area contributed by atoms with Crippen LogP contribution >= 0.6 is 11.8 Å². The number of carbonyl (C=O) groups excluding carboxylic acids is 2. The van der Waals surface area contributed by atoms with Gasteiger partial charge in [0, 0.05) is 43.3 Å². The van der Waals surface area contributed by atoms with Gasteiger partial charge in [-0.3, -0.25) is 14.5 Å². The Morgan fingerprint density at radius 3 is 2.51 bits per heavy atom. The Hall–Kier alpha value is -2.56. The minimum Gasteiger partial charge on any atom is -0.496 e. The highest BCUT2D eigenvalue weighted by atomic mass is 32.2. The van der Waals surface area contributed by atoms with Crippen LogP contribution in [0.1, 0.15) is 37.0 Å². The number of rotatable bonds is 8. The van der Waals surface area contributed by atoms with E-state index in [2.05, 4.69) is 11.0 Å². The number of hydrogen-bond donors (Lipinski definition) is 2. The van der Waals surface area contributed by atoms with Crippen molar-refractivity contribution in [3.8, 4) is 5.75 Å². The van der Waals surface area contributed by atoms with Gasteiger partial charge in [-0.25, -0.2) is 4.79 Å². The largest absolute Gasteiger partial charge is 0.496 e. The summed E-state index contributed by atoms with van der Waals surface area (Å²) in [7, 11) is 5.15. The average Bonchev–Trinajstić information content (AvgIpc) is 3.32. The van der Waals surface area contributed by atoms with Crippen LogP contribution in [0.3, 0.4) is 0 Å². The maximum absolute atomic E-state index is 13.1. The Morgan fingerprint density at radius 2 is 1.95 bits per heavy atom. The van der Waals surface area contributed by atoms with E-state index in [0.717, 1.165) is 22.4 Å². The summed E-state index contributed by atoms with van der Waals surface area (Å²) in [6.07, 6.45) is -0.264. The smallest absolute Gasteiger partial charge is 0.353 e. The molecule has 3 aliphatic heterocycles. The van der Waals surface area contributed by atoms with E-state index in [4.69, 9.17) is 4.74 Å². The number of benzene rings is 1. The molecule has 0 saturated carbocycles. The number of aliphatic hydroxyl groups excluding tert-OH is 1. The molecule has 1 aromatic carbocycles. The van der Waals surface area contributed by atoms with E-state index in [-0.39, 0.29) is 40.8 Å². The summed E-state index contributed by atoms with van der Waals surface area (Å²) in [4.78, 5) is 43.8. The number of carbonyl (C=O) groups is 3. The second-order valence-electron chi connectivity index (χ2n) is 10.7. The molecule has 0 radical (unpaired) electrons. The lowest BCUT2D eigenvalue weighted by Gasteiger charge is -2.46. The number of likely N-dealkylation sites (tertiary alicyclic amines) is 1. The minimum atomic E-state index is -1.13. The number of methoxy groups -OCH3 is 1. The SMILES string of the molecule is COc1cc(CN2C[C@@H](SC3=C(C(=O)O)N4C(=O)[C@H]([C@@H](C)O)[C@H]4[C@H]3C)C[C@H]2C(=O)N(C)C)cc(C)c1C. The fourth-order valence-corrected chi connectivity index (χ4v) is 7.53. The number of amides is 2. The summed E-state index contributed by atoms with van der Waals surface area (Å²) in [6.45, 7) is 8.73. The van der Waals surface area contributed by atoms with Crippen molar-refractivity contribution in [3.05, 3.63) is 39.4 Å². The van der Waals surface area contributed by atoms with Crippen molar-refractivity contribution in [2.24, 2.45) is 11.8 Å². The molecule has 0 aromatic heterocycles. The summed E-state index contributed by atoms with van der Waals surface area (Å²) >= 11 is 1.47. The van der Waals surface area contributed by atoms with E-state index in [1.807, 2.05) is 26.8 Å². The van der Waals surface area contributed by atoms with E-state index < -0.39 is 18.0 Å². The van der Waals surface area contributed by atoms with E-state index in [1.165, 1.54) is 16.7 Å². The number of likely N-dealkylation sites (N-methyl/N-ethyl adjacent to an activating group) is 1. The molecule has 3 heterocycles. The minimum absolute atomic E-state index is 0.0129. The monoisotopic (exact) mass is 531 g/mol. The molecule has 37 heavy (non-hydrogen) atoms. The van der Waals surface area contributed by atoms with Gasteiger partial charge in [-0.2, -0.15) is 0 Å². The first-order chi connectivity index (χ1) is 17.4. The molecule has 10 heteroatoms. The topological polar surface area (TPSA) is 111 Å². The Kier molecular flexibility index (Phi) is 7.65. The molecular weight excluding hydrogens is 494 g/mol. The maximum atomic E-state index is 13.1. The molecule has 0 spiro atoms. The van der Waals surface area contributed by atoms with Gasteiger partial charge in [-0.15, -0.1) is 11.8 Å². The highest BCUT2D eigenvalue weighted by molar-refractivity contribution is 8.03. The van der Waals surface area contributed by atoms with E-state index in [0.29, 0.717) is 24.4 Å². The molecule has 4 rings (SSSR count). The van der Waals surface area contributed by atoms with Crippen LogP contribution in [0.15, 0.2) is 22.7 Å². The summed E-state index contributed by atoms with van der Waals surface area (Å²) in [5.74, 6) is -1.43. The number of ether oxygens (including phenoxy) is 1. The Morgan fingerprint density at radius 1 is 1.27 bits per heavy atom. The van der Waals surface area contributed by atoms with E-state index in [1.54, 1.807) is 33.0 Å². The van der Waals surface area contributed by atoms with Crippen molar-refractivity contribution < 1.29 is 29.3 Å². The molecule has 6 atom stereocenters. The first-order valence-electron chi connectivity index (χ1n) is 12.6. The lowest BCUT2D eigenvalue weighted by molar-refractivity contribution is -0.163. The van der Waals surface area contributed by atoms with Crippen molar-refractivity contribution in [2.75, 3.05) is 27.7 Å². The van der Waals surface area contributed by atoms with Gasteiger partial charge < -0.3 is 24.7 Å². The number of carboxylic acid groups (broad SMARTS) is 1. The highest BCUT2D eigenvalue weighted by Crippen LogP contribution is 2.52. The van der Waals surface area contributed by atoms with Crippen molar-refractivity contribution in [1.82, 2.24) is 14.7 Å². The predicted molar refractivity (Wildman–Crippen MR) is 141 cm³/mol. The quantitative estimate of drug-likeness (QED) is 0.492. The first kappa shape index (κ1) is 27.5. The number of aliphatic carboxylic acids is 1. The van der Waals surface area contributed by atoms with E-state index in [9.17, 15) is 24.6 Å². The number of aryl methyl sites for hydroxylation is 1. The molecule has 2 saturated heterocycles.